The van der Waals surface area contributed by atoms with Crippen LogP contribution in [0.15, 0.2) is 59.5 Å². The molecule has 0 aliphatic heterocycles. The number of hydrogen-bond donors (Lipinski definition) is 1. The third-order valence-electron chi connectivity index (χ3n) is 4.67. The Hall–Kier alpha value is -2.66. The van der Waals surface area contributed by atoms with Crippen molar-refractivity contribution in [2.75, 3.05) is 11.6 Å². The SMILES string of the molecule is CS(=O)(=O)c1ccc(C(=O)Nc2ccc3c4c(cccc24)CC3)cc1. The summed E-state index contributed by atoms with van der Waals surface area (Å²) < 4.78 is 23.0. The molecule has 25 heavy (non-hydrogen) atoms. The minimum atomic E-state index is -3.27. The van der Waals surface area contributed by atoms with Crippen molar-refractivity contribution in [2.45, 2.75) is 17.7 Å². The van der Waals surface area contributed by atoms with Crippen LogP contribution in [0.3, 0.4) is 0 Å². The van der Waals surface area contributed by atoms with E-state index in [9.17, 15) is 13.2 Å². The number of hydrogen-bond acceptors (Lipinski definition) is 3. The van der Waals surface area contributed by atoms with Crippen molar-refractivity contribution < 1.29 is 13.2 Å². The molecule has 4 rings (SSSR count). The number of benzene rings is 3. The molecule has 1 aliphatic rings. The van der Waals surface area contributed by atoms with Crippen LogP contribution in [-0.2, 0) is 22.7 Å². The molecule has 0 atom stereocenters. The smallest absolute Gasteiger partial charge is 0.255 e. The minimum Gasteiger partial charge on any atom is -0.321 e. The van der Waals surface area contributed by atoms with Crippen molar-refractivity contribution >= 4 is 32.2 Å². The maximum absolute atomic E-state index is 12.5. The number of amides is 1. The molecule has 0 bridgehead atoms. The summed E-state index contributed by atoms with van der Waals surface area (Å²) in [7, 11) is -3.27. The van der Waals surface area contributed by atoms with E-state index in [1.54, 1.807) is 0 Å². The van der Waals surface area contributed by atoms with Gasteiger partial charge in [0.15, 0.2) is 9.84 Å². The molecule has 5 heteroatoms. The number of rotatable bonds is 3. The molecule has 0 aromatic heterocycles. The van der Waals surface area contributed by atoms with Gasteiger partial charge in [0.05, 0.1) is 4.90 Å². The van der Waals surface area contributed by atoms with Crippen LogP contribution in [-0.4, -0.2) is 20.6 Å². The van der Waals surface area contributed by atoms with E-state index >= 15 is 0 Å². The fourth-order valence-corrected chi connectivity index (χ4v) is 4.03. The Balaban J connectivity index is 1.67. The van der Waals surface area contributed by atoms with E-state index in [1.165, 1.54) is 40.8 Å². The first-order valence-corrected chi connectivity index (χ1v) is 9.97. The number of nitrogens with one attached hydrogen (secondary N) is 1. The molecule has 3 aromatic rings. The second kappa shape index (κ2) is 5.70. The van der Waals surface area contributed by atoms with E-state index in [2.05, 4.69) is 17.4 Å². The fraction of sp³-hybridized carbons (Fsp3) is 0.150. The lowest BCUT2D eigenvalue weighted by molar-refractivity contribution is 0.102. The van der Waals surface area contributed by atoms with Crippen molar-refractivity contribution in [3.63, 3.8) is 0 Å². The van der Waals surface area contributed by atoms with Crippen molar-refractivity contribution in [3.8, 4) is 0 Å². The molecule has 1 aliphatic carbocycles. The van der Waals surface area contributed by atoms with Crippen molar-refractivity contribution in [3.05, 3.63) is 71.3 Å². The lowest BCUT2D eigenvalue weighted by Gasteiger charge is -2.11. The van der Waals surface area contributed by atoms with Gasteiger partial charge in [-0.3, -0.25) is 4.79 Å². The summed E-state index contributed by atoms with van der Waals surface area (Å²) in [6, 6.07) is 16.2. The van der Waals surface area contributed by atoms with Gasteiger partial charge < -0.3 is 5.32 Å². The van der Waals surface area contributed by atoms with E-state index < -0.39 is 9.84 Å². The summed E-state index contributed by atoms with van der Waals surface area (Å²) in [4.78, 5) is 12.7. The van der Waals surface area contributed by atoms with E-state index in [1.807, 2.05) is 18.2 Å². The molecule has 1 amide bonds. The average Bonchev–Trinajstić information content (AvgIpc) is 3.01. The summed E-state index contributed by atoms with van der Waals surface area (Å²) in [6.45, 7) is 0. The van der Waals surface area contributed by atoms with Gasteiger partial charge in [-0.1, -0.05) is 24.3 Å². The van der Waals surface area contributed by atoms with Gasteiger partial charge in [-0.15, -0.1) is 0 Å². The minimum absolute atomic E-state index is 0.203. The van der Waals surface area contributed by atoms with Gasteiger partial charge in [0.1, 0.15) is 0 Å². The van der Waals surface area contributed by atoms with Crippen molar-refractivity contribution in [1.82, 2.24) is 0 Å². The molecular formula is C20H17NO3S. The maximum atomic E-state index is 12.5. The summed E-state index contributed by atoms with van der Waals surface area (Å²) in [6.07, 6.45) is 3.23. The average molecular weight is 351 g/mol. The van der Waals surface area contributed by atoms with E-state index in [0.29, 0.717) is 5.56 Å². The Kier molecular flexibility index (Phi) is 3.62. The first-order chi connectivity index (χ1) is 11.9. The van der Waals surface area contributed by atoms with E-state index in [-0.39, 0.29) is 10.8 Å². The zero-order valence-electron chi connectivity index (χ0n) is 13.7. The van der Waals surface area contributed by atoms with Crippen LogP contribution in [0.25, 0.3) is 10.8 Å². The Morgan fingerprint density at radius 1 is 0.920 bits per heavy atom. The van der Waals surface area contributed by atoms with E-state index in [4.69, 9.17) is 0 Å². The first kappa shape index (κ1) is 15.8. The Morgan fingerprint density at radius 3 is 2.28 bits per heavy atom. The molecule has 0 saturated heterocycles. The molecule has 126 valence electrons. The lowest BCUT2D eigenvalue weighted by Crippen LogP contribution is -2.12. The topological polar surface area (TPSA) is 63.2 Å². The number of sulfone groups is 1. The molecule has 3 aromatic carbocycles. The molecular weight excluding hydrogens is 334 g/mol. The van der Waals surface area contributed by atoms with Gasteiger partial charge in [-0.25, -0.2) is 8.42 Å². The Bertz CT molecular complexity index is 1090. The highest BCUT2D eigenvalue weighted by atomic mass is 32.2. The number of aryl methyl sites for hydroxylation is 2. The van der Waals surface area contributed by atoms with Crippen LogP contribution >= 0.6 is 0 Å². The predicted octanol–water partition coefficient (Wildman–Crippen LogP) is 3.59. The predicted molar refractivity (Wildman–Crippen MR) is 98.9 cm³/mol. The number of anilines is 1. The zero-order chi connectivity index (χ0) is 17.6. The second-order valence-electron chi connectivity index (χ2n) is 6.36. The van der Waals surface area contributed by atoms with Crippen LogP contribution in [0, 0.1) is 0 Å². The Morgan fingerprint density at radius 2 is 1.60 bits per heavy atom. The number of carbonyl (C=O) groups is 1. The molecule has 0 unspecified atom stereocenters. The van der Waals surface area contributed by atoms with Gasteiger partial charge >= 0.3 is 0 Å². The molecule has 0 heterocycles. The highest BCUT2D eigenvalue weighted by Gasteiger charge is 2.17. The second-order valence-corrected chi connectivity index (χ2v) is 8.38. The quantitative estimate of drug-likeness (QED) is 0.784. The highest BCUT2D eigenvalue weighted by molar-refractivity contribution is 7.90. The van der Waals surface area contributed by atoms with Gasteiger partial charge in [0.25, 0.3) is 5.91 Å². The van der Waals surface area contributed by atoms with Crippen LogP contribution in [0.2, 0.25) is 0 Å². The summed E-state index contributed by atoms with van der Waals surface area (Å²) in [5, 5.41) is 5.25. The monoisotopic (exact) mass is 351 g/mol. The van der Waals surface area contributed by atoms with Crippen molar-refractivity contribution in [1.29, 1.82) is 0 Å². The van der Waals surface area contributed by atoms with Gasteiger partial charge in [0, 0.05) is 22.9 Å². The largest absolute Gasteiger partial charge is 0.321 e. The van der Waals surface area contributed by atoms with Gasteiger partial charge in [-0.2, -0.15) is 0 Å². The van der Waals surface area contributed by atoms with Crippen LogP contribution in [0.4, 0.5) is 5.69 Å². The molecule has 0 saturated carbocycles. The maximum Gasteiger partial charge on any atom is 0.255 e. The Labute approximate surface area is 146 Å². The van der Waals surface area contributed by atoms with E-state index in [0.717, 1.165) is 30.2 Å². The lowest BCUT2D eigenvalue weighted by atomic mass is 10.0. The normalized spacial score (nSPS) is 13.2. The third-order valence-corrected chi connectivity index (χ3v) is 5.80. The molecule has 0 spiro atoms. The first-order valence-electron chi connectivity index (χ1n) is 8.08. The van der Waals surface area contributed by atoms with Crippen molar-refractivity contribution in [2.24, 2.45) is 0 Å². The molecule has 0 radical (unpaired) electrons. The van der Waals surface area contributed by atoms with Gasteiger partial charge in [0.2, 0.25) is 0 Å². The highest BCUT2D eigenvalue weighted by Crippen LogP contribution is 2.35. The third kappa shape index (κ3) is 2.81. The zero-order valence-corrected chi connectivity index (χ0v) is 14.6. The summed E-state index contributed by atoms with van der Waals surface area (Å²) in [5.74, 6) is -0.251. The number of carbonyl (C=O) groups excluding carboxylic acids is 1. The summed E-state index contributed by atoms with van der Waals surface area (Å²) in [5.41, 5.74) is 3.84. The van der Waals surface area contributed by atoms with Crippen LogP contribution in [0.1, 0.15) is 21.5 Å². The molecule has 1 N–H and O–H groups in total. The summed E-state index contributed by atoms with van der Waals surface area (Å²) >= 11 is 0. The molecule has 4 nitrogen and oxygen atoms in total. The standard InChI is InChI=1S/C20H17NO3S/c1-25(23,24)16-10-7-15(8-11-16)20(22)21-18-12-9-14-6-5-13-3-2-4-17(18)19(13)14/h2-4,7-12H,5-6H2,1H3,(H,21,22). The molecule has 0 fully saturated rings. The van der Waals surface area contributed by atoms with Crippen LogP contribution in [0.5, 0.6) is 0 Å². The fourth-order valence-electron chi connectivity index (χ4n) is 3.40. The van der Waals surface area contributed by atoms with Crippen LogP contribution < -0.4 is 5.32 Å². The van der Waals surface area contributed by atoms with Gasteiger partial charge in [-0.05, 0) is 59.7 Å².